The predicted molar refractivity (Wildman–Crippen MR) is 76.9 cm³/mol. The van der Waals surface area contributed by atoms with Crippen molar-refractivity contribution in [3.63, 3.8) is 0 Å². The second-order valence-corrected chi connectivity index (χ2v) is 4.95. The van der Waals surface area contributed by atoms with E-state index in [9.17, 15) is 9.90 Å². The molecule has 2 unspecified atom stereocenters. The van der Waals surface area contributed by atoms with Crippen LogP contribution in [0.2, 0.25) is 0 Å². The highest BCUT2D eigenvalue weighted by Crippen LogP contribution is 2.34. The maximum absolute atomic E-state index is 11.4. The SMILES string of the molecule is COc1ccc(OC)c(C(C)N2CCOCC2C(=O)O)c1. The maximum Gasteiger partial charge on any atom is 0.323 e. The van der Waals surface area contributed by atoms with Crippen LogP contribution in [0.3, 0.4) is 0 Å². The first-order valence-corrected chi connectivity index (χ1v) is 6.86. The van der Waals surface area contributed by atoms with Gasteiger partial charge >= 0.3 is 5.97 Å². The molecule has 0 spiro atoms. The summed E-state index contributed by atoms with van der Waals surface area (Å²) < 4.78 is 15.9. The second-order valence-electron chi connectivity index (χ2n) is 4.95. The van der Waals surface area contributed by atoms with E-state index in [0.717, 1.165) is 17.1 Å². The van der Waals surface area contributed by atoms with E-state index in [2.05, 4.69) is 0 Å². The summed E-state index contributed by atoms with van der Waals surface area (Å²) in [5.41, 5.74) is 0.907. The van der Waals surface area contributed by atoms with Gasteiger partial charge in [0.05, 0.1) is 27.4 Å². The highest BCUT2D eigenvalue weighted by molar-refractivity contribution is 5.73. The number of hydrogen-bond donors (Lipinski definition) is 1. The molecule has 0 radical (unpaired) electrons. The molecule has 1 N–H and O–H groups in total. The van der Waals surface area contributed by atoms with E-state index in [1.807, 2.05) is 30.0 Å². The Morgan fingerprint density at radius 2 is 2.19 bits per heavy atom. The number of nitrogens with zero attached hydrogens (tertiary/aromatic N) is 1. The highest BCUT2D eigenvalue weighted by atomic mass is 16.5. The van der Waals surface area contributed by atoms with Crippen molar-refractivity contribution >= 4 is 5.97 Å². The molecule has 1 saturated heterocycles. The van der Waals surface area contributed by atoms with Crippen molar-refractivity contribution in [3.8, 4) is 11.5 Å². The number of methoxy groups -OCH3 is 2. The van der Waals surface area contributed by atoms with Gasteiger partial charge in [-0.15, -0.1) is 0 Å². The number of hydrogen-bond acceptors (Lipinski definition) is 5. The van der Waals surface area contributed by atoms with Gasteiger partial charge in [0.15, 0.2) is 0 Å². The normalized spacial score (nSPS) is 20.8. The summed E-state index contributed by atoms with van der Waals surface area (Å²) in [5.74, 6) is 0.570. The van der Waals surface area contributed by atoms with E-state index in [1.54, 1.807) is 14.2 Å². The number of aliphatic carboxylic acids is 1. The summed E-state index contributed by atoms with van der Waals surface area (Å²) >= 11 is 0. The molecule has 0 aliphatic carbocycles. The second kappa shape index (κ2) is 6.78. The van der Waals surface area contributed by atoms with Gasteiger partial charge in [-0.2, -0.15) is 0 Å². The Morgan fingerprint density at radius 1 is 1.43 bits per heavy atom. The number of morpholine rings is 1. The quantitative estimate of drug-likeness (QED) is 0.889. The van der Waals surface area contributed by atoms with Crippen molar-refractivity contribution in [3.05, 3.63) is 23.8 Å². The molecule has 1 aromatic rings. The smallest absolute Gasteiger partial charge is 0.323 e. The fraction of sp³-hybridized carbons (Fsp3) is 0.533. The summed E-state index contributed by atoms with van der Waals surface area (Å²) in [6, 6.07) is 4.78. The van der Waals surface area contributed by atoms with Crippen LogP contribution in [0.4, 0.5) is 0 Å². The van der Waals surface area contributed by atoms with E-state index in [1.165, 1.54) is 0 Å². The van der Waals surface area contributed by atoms with Gasteiger partial charge in [-0.25, -0.2) is 0 Å². The molecular weight excluding hydrogens is 274 g/mol. The summed E-state index contributed by atoms with van der Waals surface area (Å²) in [4.78, 5) is 13.3. The monoisotopic (exact) mass is 295 g/mol. The molecule has 6 heteroatoms. The van der Waals surface area contributed by atoms with Gasteiger partial charge in [0.25, 0.3) is 0 Å². The Bertz CT molecular complexity index is 505. The Balaban J connectivity index is 2.32. The van der Waals surface area contributed by atoms with Gasteiger partial charge in [-0.05, 0) is 25.1 Å². The van der Waals surface area contributed by atoms with E-state index < -0.39 is 12.0 Å². The Morgan fingerprint density at radius 3 is 2.81 bits per heavy atom. The van der Waals surface area contributed by atoms with Crippen LogP contribution in [-0.4, -0.2) is 56.0 Å². The van der Waals surface area contributed by atoms with Crippen LogP contribution in [-0.2, 0) is 9.53 Å². The molecule has 1 fully saturated rings. The zero-order chi connectivity index (χ0) is 15.4. The fourth-order valence-corrected chi connectivity index (χ4v) is 2.64. The van der Waals surface area contributed by atoms with Crippen LogP contribution in [0.1, 0.15) is 18.5 Å². The Kier molecular flexibility index (Phi) is 5.03. The molecule has 0 aromatic heterocycles. The first kappa shape index (κ1) is 15.6. The van der Waals surface area contributed by atoms with Crippen LogP contribution >= 0.6 is 0 Å². The van der Waals surface area contributed by atoms with Crippen LogP contribution < -0.4 is 9.47 Å². The molecule has 1 aromatic carbocycles. The minimum atomic E-state index is -0.872. The van der Waals surface area contributed by atoms with Crippen molar-refractivity contribution in [2.45, 2.75) is 19.0 Å². The van der Waals surface area contributed by atoms with Crippen LogP contribution in [0.25, 0.3) is 0 Å². The Labute approximate surface area is 124 Å². The number of ether oxygens (including phenoxy) is 3. The lowest BCUT2D eigenvalue weighted by atomic mass is 10.0. The lowest BCUT2D eigenvalue weighted by molar-refractivity contribution is -0.151. The Hall–Kier alpha value is -1.79. The predicted octanol–water partition coefficient (Wildman–Crippen LogP) is 1.55. The third kappa shape index (κ3) is 3.28. The highest BCUT2D eigenvalue weighted by Gasteiger charge is 2.34. The third-order valence-electron chi connectivity index (χ3n) is 3.84. The number of carboxylic acid groups (broad SMARTS) is 1. The molecule has 0 bridgehead atoms. The molecule has 0 saturated carbocycles. The van der Waals surface area contributed by atoms with Gasteiger partial charge in [0, 0.05) is 18.2 Å². The lowest BCUT2D eigenvalue weighted by Gasteiger charge is -2.37. The van der Waals surface area contributed by atoms with Gasteiger partial charge in [-0.3, -0.25) is 9.69 Å². The number of rotatable bonds is 5. The fourth-order valence-electron chi connectivity index (χ4n) is 2.64. The van der Waals surface area contributed by atoms with Gasteiger partial charge in [-0.1, -0.05) is 0 Å². The van der Waals surface area contributed by atoms with E-state index in [0.29, 0.717) is 13.2 Å². The zero-order valence-corrected chi connectivity index (χ0v) is 12.5. The van der Waals surface area contributed by atoms with E-state index >= 15 is 0 Å². The minimum Gasteiger partial charge on any atom is -0.497 e. The topological polar surface area (TPSA) is 68.2 Å². The molecular formula is C15H21NO5. The van der Waals surface area contributed by atoms with E-state index in [-0.39, 0.29) is 12.6 Å². The summed E-state index contributed by atoms with van der Waals surface area (Å²) in [5, 5.41) is 9.35. The minimum absolute atomic E-state index is 0.111. The molecule has 1 heterocycles. The third-order valence-corrected chi connectivity index (χ3v) is 3.84. The van der Waals surface area contributed by atoms with Crippen molar-refractivity contribution in [1.29, 1.82) is 0 Å². The average molecular weight is 295 g/mol. The first-order chi connectivity index (χ1) is 10.1. The van der Waals surface area contributed by atoms with Crippen LogP contribution in [0.5, 0.6) is 11.5 Å². The standard InChI is InChI=1S/C15H21NO5/c1-10(16-6-7-21-9-13(16)15(17)18)12-8-11(19-2)4-5-14(12)20-3/h4-5,8,10,13H,6-7,9H2,1-3H3,(H,17,18). The molecule has 6 nitrogen and oxygen atoms in total. The number of carboxylic acids is 1. The van der Waals surface area contributed by atoms with Crippen LogP contribution in [0, 0.1) is 0 Å². The maximum atomic E-state index is 11.4. The average Bonchev–Trinajstić information content (AvgIpc) is 2.53. The van der Waals surface area contributed by atoms with Gasteiger partial charge in [0.1, 0.15) is 17.5 Å². The largest absolute Gasteiger partial charge is 0.497 e. The van der Waals surface area contributed by atoms with Gasteiger partial charge in [0.2, 0.25) is 0 Å². The zero-order valence-electron chi connectivity index (χ0n) is 12.5. The summed E-state index contributed by atoms with van der Waals surface area (Å²) in [6.45, 7) is 3.27. The van der Waals surface area contributed by atoms with Gasteiger partial charge < -0.3 is 19.3 Å². The van der Waals surface area contributed by atoms with E-state index in [4.69, 9.17) is 14.2 Å². The molecule has 2 atom stereocenters. The molecule has 2 rings (SSSR count). The van der Waals surface area contributed by atoms with Crippen molar-refractivity contribution in [1.82, 2.24) is 4.90 Å². The van der Waals surface area contributed by atoms with Crippen molar-refractivity contribution in [2.24, 2.45) is 0 Å². The molecule has 21 heavy (non-hydrogen) atoms. The molecule has 0 amide bonds. The van der Waals surface area contributed by atoms with Crippen molar-refractivity contribution in [2.75, 3.05) is 34.0 Å². The molecule has 116 valence electrons. The van der Waals surface area contributed by atoms with Crippen LogP contribution in [0.15, 0.2) is 18.2 Å². The molecule has 1 aliphatic heterocycles. The molecule has 1 aliphatic rings. The first-order valence-electron chi connectivity index (χ1n) is 6.86. The number of benzene rings is 1. The summed E-state index contributed by atoms with van der Waals surface area (Å²) in [7, 11) is 3.21. The lowest BCUT2D eigenvalue weighted by Crippen LogP contribution is -2.50. The van der Waals surface area contributed by atoms with Crippen molar-refractivity contribution < 1.29 is 24.1 Å². The number of carbonyl (C=O) groups is 1. The summed E-state index contributed by atoms with van der Waals surface area (Å²) in [6.07, 6.45) is 0.